The van der Waals surface area contributed by atoms with Crippen molar-refractivity contribution in [3.63, 3.8) is 0 Å². The zero-order valence-corrected chi connectivity index (χ0v) is 12.1. The van der Waals surface area contributed by atoms with Crippen LogP contribution in [0.1, 0.15) is 64.8 Å². The molecule has 0 aliphatic carbocycles. The minimum atomic E-state index is -0.112. The van der Waals surface area contributed by atoms with Crippen LogP contribution in [-0.2, 0) is 4.74 Å². The number of nitrogens with one attached hydrogen (secondary N) is 1. The molecule has 0 radical (unpaired) electrons. The largest absolute Gasteiger partial charge is 0.371 e. The van der Waals surface area contributed by atoms with E-state index in [0.717, 1.165) is 13.0 Å². The quantitative estimate of drug-likeness (QED) is 0.774. The summed E-state index contributed by atoms with van der Waals surface area (Å²) in [6.45, 7) is 11.9. The maximum atomic E-state index is 5.45. The summed E-state index contributed by atoms with van der Waals surface area (Å²) in [7, 11) is 0. The lowest BCUT2D eigenvalue weighted by Crippen LogP contribution is -2.31. The van der Waals surface area contributed by atoms with Crippen molar-refractivity contribution in [2.45, 2.75) is 59.1 Å². The normalized spacial score (nSPS) is 16.5. The van der Waals surface area contributed by atoms with Crippen LogP contribution in [-0.4, -0.2) is 29.3 Å². The first kappa shape index (κ1) is 15.1. The summed E-state index contributed by atoms with van der Waals surface area (Å²) in [4.78, 5) is 4.42. The molecular formula is C13H25N3O2. The molecule has 0 saturated heterocycles. The molecule has 18 heavy (non-hydrogen) atoms. The van der Waals surface area contributed by atoms with E-state index in [1.54, 1.807) is 0 Å². The molecule has 1 heterocycles. The number of hydrogen-bond donors (Lipinski definition) is 1. The Balaban J connectivity index is 2.61. The van der Waals surface area contributed by atoms with Gasteiger partial charge < -0.3 is 14.6 Å². The minimum absolute atomic E-state index is 0.112. The van der Waals surface area contributed by atoms with Crippen molar-refractivity contribution in [3.8, 4) is 0 Å². The smallest absolute Gasteiger partial charge is 0.231 e. The summed E-state index contributed by atoms with van der Waals surface area (Å²) in [5, 5.41) is 7.41. The summed E-state index contributed by atoms with van der Waals surface area (Å²) in [5.74, 6) is 1.50. The van der Waals surface area contributed by atoms with Gasteiger partial charge in [0, 0.05) is 12.6 Å². The van der Waals surface area contributed by atoms with Crippen molar-refractivity contribution in [1.82, 2.24) is 15.5 Å². The summed E-state index contributed by atoms with van der Waals surface area (Å²) >= 11 is 0. The lowest BCUT2D eigenvalue weighted by atomic mass is 10.0. The number of nitrogens with zero attached hydrogens (tertiary/aromatic N) is 2. The van der Waals surface area contributed by atoms with E-state index >= 15 is 0 Å². The van der Waals surface area contributed by atoms with Crippen molar-refractivity contribution in [2.75, 3.05) is 13.2 Å². The van der Waals surface area contributed by atoms with Crippen LogP contribution in [0.4, 0.5) is 0 Å². The van der Waals surface area contributed by atoms with Gasteiger partial charge in [0.15, 0.2) is 5.82 Å². The van der Waals surface area contributed by atoms with Crippen molar-refractivity contribution in [2.24, 2.45) is 0 Å². The molecule has 0 saturated carbocycles. The van der Waals surface area contributed by atoms with E-state index in [9.17, 15) is 0 Å². The Hall–Kier alpha value is -0.940. The van der Waals surface area contributed by atoms with E-state index in [4.69, 9.17) is 9.26 Å². The monoisotopic (exact) mass is 255 g/mol. The van der Waals surface area contributed by atoms with Gasteiger partial charge in [0.1, 0.15) is 6.10 Å². The van der Waals surface area contributed by atoms with Gasteiger partial charge in [-0.05, 0) is 33.7 Å². The predicted molar refractivity (Wildman–Crippen MR) is 70.5 cm³/mol. The van der Waals surface area contributed by atoms with Crippen LogP contribution >= 0.6 is 0 Å². The predicted octanol–water partition coefficient (Wildman–Crippen LogP) is 2.66. The van der Waals surface area contributed by atoms with Gasteiger partial charge in [-0.3, -0.25) is 0 Å². The number of aromatic nitrogens is 2. The molecule has 0 aliphatic heterocycles. The molecule has 1 N–H and O–H groups in total. The van der Waals surface area contributed by atoms with Crippen molar-refractivity contribution in [1.29, 1.82) is 0 Å². The third-order valence-electron chi connectivity index (χ3n) is 3.09. The molecule has 0 bridgehead atoms. The molecule has 1 aromatic heterocycles. The lowest BCUT2D eigenvalue weighted by Gasteiger charge is -2.17. The van der Waals surface area contributed by atoms with E-state index in [0.29, 0.717) is 24.4 Å². The third-order valence-corrected chi connectivity index (χ3v) is 3.09. The lowest BCUT2D eigenvalue weighted by molar-refractivity contribution is 0.0683. The fourth-order valence-electron chi connectivity index (χ4n) is 1.68. The Morgan fingerprint density at radius 3 is 2.61 bits per heavy atom. The van der Waals surface area contributed by atoms with Crippen LogP contribution in [0, 0.1) is 0 Å². The number of rotatable bonds is 8. The standard InChI is InChI=1S/C13H25N3O2/c1-6-8-14-10(4)9(3)13-15-12(16-18-13)11(5)17-7-2/h9-11,14H,6-8H2,1-5H3. The highest BCUT2D eigenvalue weighted by Crippen LogP contribution is 2.20. The van der Waals surface area contributed by atoms with Gasteiger partial charge >= 0.3 is 0 Å². The molecular weight excluding hydrogens is 230 g/mol. The Morgan fingerprint density at radius 2 is 2.00 bits per heavy atom. The molecule has 3 unspecified atom stereocenters. The highest BCUT2D eigenvalue weighted by Gasteiger charge is 2.22. The maximum Gasteiger partial charge on any atom is 0.231 e. The summed E-state index contributed by atoms with van der Waals surface area (Å²) in [6, 6.07) is 0.320. The summed E-state index contributed by atoms with van der Waals surface area (Å²) < 4.78 is 10.8. The van der Waals surface area contributed by atoms with Crippen molar-refractivity contribution in [3.05, 3.63) is 11.7 Å². The van der Waals surface area contributed by atoms with Crippen LogP contribution in [0.15, 0.2) is 4.52 Å². The fraction of sp³-hybridized carbons (Fsp3) is 0.846. The zero-order valence-electron chi connectivity index (χ0n) is 12.1. The first-order valence-electron chi connectivity index (χ1n) is 6.78. The molecule has 0 spiro atoms. The van der Waals surface area contributed by atoms with Gasteiger partial charge in [-0.2, -0.15) is 4.98 Å². The molecule has 5 nitrogen and oxygen atoms in total. The highest BCUT2D eigenvalue weighted by molar-refractivity contribution is 4.98. The Labute approximate surface area is 109 Å². The molecule has 3 atom stereocenters. The SMILES string of the molecule is CCCNC(C)C(C)c1nc(C(C)OCC)no1. The van der Waals surface area contributed by atoms with E-state index in [2.05, 4.69) is 36.2 Å². The van der Waals surface area contributed by atoms with Crippen LogP contribution in [0.5, 0.6) is 0 Å². The summed E-state index contributed by atoms with van der Waals surface area (Å²) in [5.41, 5.74) is 0. The second kappa shape index (κ2) is 7.48. The number of ether oxygens (including phenoxy) is 1. The second-order valence-electron chi connectivity index (χ2n) is 4.62. The van der Waals surface area contributed by atoms with Crippen molar-refractivity contribution >= 4 is 0 Å². The molecule has 5 heteroatoms. The van der Waals surface area contributed by atoms with Crippen LogP contribution in [0.3, 0.4) is 0 Å². The van der Waals surface area contributed by atoms with Crippen LogP contribution in [0.2, 0.25) is 0 Å². The van der Waals surface area contributed by atoms with E-state index < -0.39 is 0 Å². The van der Waals surface area contributed by atoms with Gasteiger partial charge in [-0.15, -0.1) is 0 Å². The average molecular weight is 255 g/mol. The molecule has 0 fully saturated rings. The third kappa shape index (κ3) is 4.07. The van der Waals surface area contributed by atoms with E-state index in [1.165, 1.54) is 0 Å². The summed E-state index contributed by atoms with van der Waals surface area (Å²) in [6.07, 6.45) is 1.01. The molecule has 1 rings (SSSR count). The van der Waals surface area contributed by atoms with Gasteiger partial charge in [-0.1, -0.05) is 19.0 Å². The first-order valence-corrected chi connectivity index (χ1v) is 6.78. The first-order chi connectivity index (χ1) is 8.60. The van der Waals surface area contributed by atoms with Gasteiger partial charge in [0.25, 0.3) is 0 Å². The van der Waals surface area contributed by atoms with Gasteiger partial charge in [-0.25, -0.2) is 0 Å². The average Bonchev–Trinajstić information content (AvgIpc) is 2.84. The Bertz CT molecular complexity index is 341. The molecule has 104 valence electrons. The van der Waals surface area contributed by atoms with Crippen LogP contribution in [0.25, 0.3) is 0 Å². The van der Waals surface area contributed by atoms with E-state index in [1.807, 2.05) is 13.8 Å². The topological polar surface area (TPSA) is 60.2 Å². The Morgan fingerprint density at radius 1 is 1.28 bits per heavy atom. The maximum absolute atomic E-state index is 5.45. The van der Waals surface area contributed by atoms with Gasteiger partial charge in [0.05, 0.1) is 5.92 Å². The number of hydrogen-bond acceptors (Lipinski definition) is 5. The zero-order chi connectivity index (χ0) is 13.5. The van der Waals surface area contributed by atoms with Crippen molar-refractivity contribution < 1.29 is 9.26 Å². The Kier molecular flexibility index (Phi) is 6.29. The fourth-order valence-corrected chi connectivity index (χ4v) is 1.68. The molecule has 1 aromatic rings. The molecule has 0 amide bonds. The van der Waals surface area contributed by atoms with E-state index in [-0.39, 0.29) is 12.0 Å². The van der Waals surface area contributed by atoms with Crippen LogP contribution < -0.4 is 5.32 Å². The van der Waals surface area contributed by atoms with Gasteiger partial charge in [0.2, 0.25) is 5.89 Å². The second-order valence-corrected chi connectivity index (χ2v) is 4.62. The molecule has 0 aliphatic rings. The minimum Gasteiger partial charge on any atom is -0.371 e. The molecule has 0 aromatic carbocycles. The highest BCUT2D eigenvalue weighted by atomic mass is 16.5.